The summed E-state index contributed by atoms with van der Waals surface area (Å²) in [4.78, 5) is 49.0. The van der Waals surface area contributed by atoms with E-state index in [4.69, 9.17) is 22.1 Å². The number of carbonyl (C=O) groups excluding carboxylic acids is 3. The van der Waals surface area contributed by atoms with Crippen LogP contribution >= 0.6 is 11.6 Å². The van der Waals surface area contributed by atoms with Gasteiger partial charge in [-0.1, -0.05) is 35.9 Å². The summed E-state index contributed by atoms with van der Waals surface area (Å²) in [7, 11) is 0. The van der Waals surface area contributed by atoms with Crippen molar-refractivity contribution in [3.05, 3.63) is 58.1 Å². The number of benzene rings is 2. The minimum Gasteiger partial charge on any atom is -0.436 e. The Labute approximate surface area is 276 Å². The van der Waals surface area contributed by atoms with Crippen LogP contribution in [0.3, 0.4) is 0 Å². The molecule has 2 atom stereocenters. The molecule has 246 valence electrons. The molecule has 1 unspecified atom stereocenters. The maximum absolute atomic E-state index is 14.1. The van der Waals surface area contributed by atoms with Gasteiger partial charge in [-0.25, -0.2) is 4.79 Å². The molecule has 2 aromatic rings. The zero-order valence-electron chi connectivity index (χ0n) is 26.7. The molecule has 46 heavy (non-hydrogen) atoms. The molecule has 5 fully saturated rings. The molecular weight excluding hydrogens is 604 g/mol. The van der Waals surface area contributed by atoms with Crippen LogP contribution in [0.2, 0.25) is 5.02 Å². The number of halogens is 1. The topological polar surface area (TPSA) is 111 Å². The lowest BCUT2D eigenvalue weighted by atomic mass is 9.68. The van der Waals surface area contributed by atoms with E-state index in [2.05, 4.69) is 21.2 Å². The van der Waals surface area contributed by atoms with Crippen molar-refractivity contribution in [2.24, 2.45) is 5.92 Å². The van der Waals surface area contributed by atoms with Crippen molar-refractivity contribution in [3.63, 3.8) is 0 Å². The number of amides is 3. The van der Waals surface area contributed by atoms with Crippen molar-refractivity contribution < 1.29 is 19.1 Å². The molecule has 2 aromatic carbocycles. The molecule has 3 N–H and O–H groups in total. The monoisotopic (exact) mass is 648 g/mol. The summed E-state index contributed by atoms with van der Waals surface area (Å²) in [6.07, 6.45) is 2.98. The quantitative estimate of drug-likeness (QED) is 0.473. The molecule has 2 bridgehead atoms. The normalized spacial score (nSPS) is 26.4. The molecule has 3 amide bonds. The summed E-state index contributed by atoms with van der Waals surface area (Å²) in [6.45, 7) is 9.23. The minimum absolute atomic E-state index is 0.00596. The number of nitrogens with two attached hydrogens (primary N) is 1. The molecule has 0 aliphatic carbocycles. The number of aryl methyl sites for hydroxylation is 1. The molecule has 0 saturated carbocycles. The van der Waals surface area contributed by atoms with Crippen molar-refractivity contribution in [2.45, 2.75) is 63.0 Å². The predicted molar refractivity (Wildman–Crippen MR) is 178 cm³/mol. The van der Waals surface area contributed by atoms with Gasteiger partial charge in [-0.15, -0.1) is 0 Å². The van der Waals surface area contributed by atoms with Crippen molar-refractivity contribution in [3.8, 4) is 0 Å². The minimum atomic E-state index is -0.980. The highest BCUT2D eigenvalue weighted by atomic mass is 35.5. The van der Waals surface area contributed by atoms with Crippen molar-refractivity contribution in [1.29, 1.82) is 0 Å². The first-order valence-corrected chi connectivity index (χ1v) is 17.2. The van der Waals surface area contributed by atoms with Crippen LogP contribution in [0.1, 0.15) is 48.8 Å². The summed E-state index contributed by atoms with van der Waals surface area (Å²) in [6, 6.07) is 12.2. The Morgan fingerprint density at radius 2 is 1.74 bits per heavy atom. The van der Waals surface area contributed by atoms with Crippen molar-refractivity contribution in [1.82, 2.24) is 19.6 Å². The highest BCUT2D eigenvalue weighted by molar-refractivity contribution is 6.33. The Balaban J connectivity index is 1.03. The number of nitrogen functional groups attached to an aromatic ring is 1. The van der Waals surface area contributed by atoms with Crippen molar-refractivity contribution >= 4 is 40.9 Å². The second-order valence-corrected chi connectivity index (χ2v) is 14.4. The summed E-state index contributed by atoms with van der Waals surface area (Å²) in [5.41, 5.74) is 9.91. The van der Waals surface area contributed by atoms with Gasteiger partial charge in [-0.2, -0.15) is 0 Å². The van der Waals surface area contributed by atoms with Crippen molar-refractivity contribution in [2.75, 3.05) is 70.0 Å². The van der Waals surface area contributed by atoms with Crippen LogP contribution < -0.4 is 11.1 Å². The average Bonchev–Trinajstić information content (AvgIpc) is 3.07. The van der Waals surface area contributed by atoms with Crippen LogP contribution in [0.5, 0.6) is 0 Å². The first-order valence-electron chi connectivity index (χ1n) is 16.8. The molecule has 10 nitrogen and oxygen atoms in total. The number of hydrogen-bond donors (Lipinski definition) is 2. The standard InChI is InChI=1S/C35H45ClN6O4/c1-23-18-24(19-27(36)32(23)37)20-30(33(44)41-16-14-40(15-17-41)29-22-39-10-6-25(29)7-11-39)46-34(45)42-12-8-35(9-13-42)21-31(43)38-28-5-3-2-4-26(28)35/h2-5,18-19,25,29-30H,6-17,20-22,37H2,1H3,(H,38,43)/t29?,30-/m1/s1. The van der Waals surface area contributed by atoms with E-state index in [-0.39, 0.29) is 23.7 Å². The zero-order chi connectivity index (χ0) is 32.0. The number of anilines is 2. The highest BCUT2D eigenvalue weighted by Crippen LogP contribution is 2.45. The number of para-hydroxylation sites is 1. The number of carbonyl (C=O) groups is 3. The maximum atomic E-state index is 14.1. The van der Waals surface area contributed by atoms with Crippen LogP contribution in [0.4, 0.5) is 16.2 Å². The molecule has 11 heteroatoms. The Morgan fingerprint density at radius 3 is 2.41 bits per heavy atom. The molecule has 6 aliphatic rings. The Bertz CT molecular complexity index is 1470. The van der Waals surface area contributed by atoms with E-state index >= 15 is 0 Å². The number of ether oxygens (including phenoxy) is 1. The van der Waals surface area contributed by atoms with Crippen LogP contribution in [-0.4, -0.2) is 109 Å². The van der Waals surface area contributed by atoms with Gasteiger partial charge in [0.15, 0.2) is 6.10 Å². The highest BCUT2D eigenvalue weighted by Gasteiger charge is 2.44. The lowest BCUT2D eigenvalue weighted by Gasteiger charge is -2.51. The summed E-state index contributed by atoms with van der Waals surface area (Å²) < 4.78 is 6.09. The number of piperazine rings is 1. The van der Waals surface area contributed by atoms with E-state index in [1.165, 1.54) is 25.9 Å². The molecule has 6 heterocycles. The zero-order valence-corrected chi connectivity index (χ0v) is 27.4. The fraction of sp³-hybridized carbons (Fsp3) is 0.571. The number of fused-ring (bicyclic) bond motifs is 5. The molecule has 5 saturated heterocycles. The van der Waals surface area contributed by atoms with Gasteiger partial charge in [-0.05, 0) is 80.4 Å². The molecule has 0 aromatic heterocycles. The van der Waals surface area contributed by atoms with Gasteiger partial charge in [0.2, 0.25) is 5.91 Å². The number of rotatable bonds is 5. The van der Waals surface area contributed by atoms with Crippen LogP contribution in [0.15, 0.2) is 36.4 Å². The summed E-state index contributed by atoms with van der Waals surface area (Å²) in [5.74, 6) is 0.588. The second kappa shape index (κ2) is 12.7. The second-order valence-electron chi connectivity index (χ2n) is 14.0. The summed E-state index contributed by atoms with van der Waals surface area (Å²) >= 11 is 6.42. The molecule has 8 rings (SSSR count). The molecule has 0 radical (unpaired) electrons. The first-order chi connectivity index (χ1) is 22.2. The van der Waals surface area contributed by atoms with Crippen LogP contribution in [0, 0.1) is 12.8 Å². The maximum Gasteiger partial charge on any atom is 0.410 e. The van der Waals surface area contributed by atoms with Gasteiger partial charge in [0.05, 0.1) is 10.7 Å². The lowest BCUT2D eigenvalue weighted by Crippen LogP contribution is -2.62. The Morgan fingerprint density at radius 1 is 1.02 bits per heavy atom. The third kappa shape index (κ3) is 6.07. The van der Waals surface area contributed by atoms with E-state index in [1.54, 1.807) is 11.0 Å². The largest absolute Gasteiger partial charge is 0.436 e. The van der Waals surface area contributed by atoms with Gasteiger partial charge in [0.1, 0.15) is 0 Å². The third-order valence-corrected chi connectivity index (χ3v) is 11.6. The average molecular weight is 649 g/mol. The third-order valence-electron chi connectivity index (χ3n) is 11.3. The SMILES string of the molecule is Cc1cc(C[C@@H](OC(=O)N2CCC3(CC2)CC(=O)Nc2ccccc23)C(=O)N2CCN(C3CN4CCC3CC4)CC2)cc(Cl)c1N. The first kappa shape index (κ1) is 31.3. The van der Waals surface area contributed by atoms with E-state index in [0.29, 0.717) is 62.2 Å². The Hall–Kier alpha value is -3.34. The number of nitrogens with zero attached hydrogens (tertiary/aromatic N) is 4. The van der Waals surface area contributed by atoms with Gasteiger partial charge in [-0.3, -0.25) is 14.5 Å². The van der Waals surface area contributed by atoms with E-state index in [9.17, 15) is 14.4 Å². The number of nitrogens with one attached hydrogen (secondary N) is 1. The van der Waals surface area contributed by atoms with E-state index < -0.39 is 12.2 Å². The van der Waals surface area contributed by atoms with E-state index in [0.717, 1.165) is 47.9 Å². The fourth-order valence-corrected chi connectivity index (χ4v) is 8.86. The molecule has 6 aliphatic heterocycles. The smallest absolute Gasteiger partial charge is 0.410 e. The van der Waals surface area contributed by atoms with Gasteiger partial charge in [0.25, 0.3) is 5.91 Å². The van der Waals surface area contributed by atoms with Crippen LogP contribution in [0.25, 0.3) is 0 Å². The van der Waals surface area contributed by atoms with E-state index in [1.807, 2.05) is 36.1 Å². The summed E-state index contributed by atoms with van der Waals surface area (Å²) in [5, 5.41) is 3.42. The predicted octanol–water partition coefficient (Wildman–Crippen LogP) is 3.89. The Kier molecular flexibility index (Phi) is 8.63. The van der Waals surface area contributed by atoms with Crippen LogP contribution in [-0.2, 0) is 26.2 Å². The number of piperidine rings is 4. The van der Waals surface area contributed by atoms with Gasteiger partial charge < -0.3 is 30.5 Å². The lowest BCUT2D eigenvalue weighted by molar-refractivity contribution is -0.143. The number of hydrogen-bond acceptors (Lipinski definition) is 7. The number of likely N-dealkylation sites (tertiary alicyclic amines) is 1. The molecule has 1 spiro atoms. The molecular formula is C35H45ClN6O4. The van der Waals surface area contributed by atoms with Gasteiger partial charge >= 0.3 is 6.09 Å². The van der Waals surface area contributed by atoms with Gasteiger partial charge in [0, 0.05) is 75.8 Å². The fourth-order valence-electron chi connectivity index (χ4n) is 8.57.